The molecule has 0 fully saturated rings. The number of nitrogens with two attached hydrogens (primary N) is 1. The molecule has 0 aliphatic rings. The van der Waals surface area contributed by atoms with E-state index in [0.29, 0.717) is 17.0 Å². The van der Waals surface area contributed by atoms with E-state index >= 15 is 0 Å². The van der Waals surface area contributed by atoms with Gasteiger partial charge in [0, 0.05) is 0 Å². The molecule has 17 nitrogen and oxygen atoms in total. The summed E-state index contributed by atoms with van der Waals surface area (Å²) in [4.78, 5) is 24.3. The number of nitrogens with zero attached hydrogens (tertiary/aromatic N) is 3. The smallest absolute Gasteiger partial charge is 0.182 e. The molecule has 2 aromatic rings. The molecule has 0 aliphatic carbocycles. The summed E-state index contributed by atoms with van der Waals surface area (Å²) in [6, 6.07) is 0. The minimum atomic E-state index is -1.79. The van der Waals surface area contributed by atoms with Gasteiger partial charge in [0.15, 0.2) is 17.8 Å². The Morgan fingerprint density at radius 3 is 1.59 bits per heavy atom. The number of aliphatic hydroxyl groups excluding tert-OH is 11. The molecule has 0 aliphatic heterocycles. The lowest BCUT2D eigenvalue weighted by molar-refractivity contribution is -0.136. The van der Waals surface area contributed by atoms with E-state index in [0.717, 1.165) is 0 Å². The van der Waals surface area contributed by atoms with E-state index in [4.69, 9.17) is 61.9 Å². The van der Waals surface area contributed by atoms with Crippen LogP contribution in [0.5, 0.6) is 0 Å². The number of aliphatic hydroxyl groups is 11. The minimum absolute atomic E-state index is 0.0258. The standard InChI is InChI=1S/C6H14O6.C6H12O6.C5H5N5/c2*7-1-3(9)5(11)6(12)4(10)2-8;6-4-3-5(9-1-7-3)10-2-8-4/h3-12H,1-2H2;1,3-6,8-12H,2H2;1-2H,(H3,6,7,8,9,10)/t3-,4-,5-,6-;3-,4+,5+,6+;/m10./s1. The average Bonchev–Trinajstić information content (AvgIpc) is 3.36. The van der Waals surface area contributed by atoms with Crippen LogP contribution < -0.4 is 5.73 Å². The number of nitrogen functional groups attached to an aromatic ring is 1. The first-order chi connectivity index (χ1) is 16.0. The first kappa shape index (κ1) is 31.6. The van der Waals surface area contributed by atoms with Crippen LogP contribution in [0, 0.1) is 0 Å². The van der Waals surface area contributed by atoms with Gasteiger partial charge in [-0.3, -0.25) is 0 Å². The topological polar surface area (TPSA) is 320 Å². The molecule has 14 N–H and O–H groups in total. The van der Waals surface area contributed by atoms with Gasteiger partial charge in [-0.05, 0) is 0 Å². The zero-order chi connectivity index (χ0) is 26.4. The van der Waals surface area contributed by atoms with Crippen LogP contribution >= 0.6 is 0 Å². The summed E-state index contributed by atoms with van der Waals surface area (Å²) in [6.45, 7) is -2.21. The van der Waals surface area contributed by atoms with E-state index in [1.807, 2.05) is 0 Å². The Balaban J connectivity index is 0.000000481. The van der Waals surface area contributed by atoms with Gasteiger partial charge in [0.1, 0.15) is 60.7 Å². The Labute approximate surface area is 192 Å². The highest BCUT2D eigenvalue weighted by atomic mass is 16.4. The Morgan fingerprint density at radius 1 is 0.765 bits per heavy atom. The van der Waals surface area contributed by atoms with Crippen LogP contribution in [0.25, 0.3) is 11.2 Å². The summed E-state index contributed by atoms with van der Waals surface area (Å²) < 4.78 is 0. The maximum Gasteiger partial charge on any atom is 0.182 e. The second-order valence-corrected chi connectivity index (χ2v) is 6.70. The second-order valence-electron chi connectivity index (χ2n) is 6.70. The number of carbonyl (C=O) groups excluding carboxylic acids is 1. The SMILES string of the molecule is Nc1ncnc2nc[nH]c12.O=C[C@H](O)[C@@H](O)[C@H](O)[C@H](O)CO.OC[C@@H](O)[C@@H](O)[C@H](O)[C@H](O)CO. The van der Waals surface area contributed by atoms with Crippen molar-refractivity contribution in [2.24, 2.45) is 0 Å². The molecule has 0 saturated heterocycles. The summed E-state index contributed by atoms with van der Waals surface area (Å²) >= 11 is 0. The predicted octanol–water partition coefficient (Wildman–Crippen LogP) is -7.03. The van der Waals surface area contributed by atoms with Crippen molar-refractivity contribution in [3.8, 4) is 0 Å². The van der Waals surface area contributed by atoms with Gasteiger partial charge in [-0.1, -0.05) is 0 Å². The predicted molar refractivity (Wildman–Crippen MR) is 111 cm³/mol. The van der Waals surface area contributed by atoms with Crippen molar-refractivity contribution in [1.82, 2.24) is 19.9 Å². The number of hydrogen-bond acceptors (Lipinski definition) is 16. The van der Waals surface area contributed by atoms with E-state index in [1.54, 1.807) is 0 Å². The fraction of sp³-hybridized carbons (Fsp3) is 0.647. The van der Waals surface area contributed by atoms with Gasteiger partial charge in [-0.25, -0.2) is 15.0 Å². The normalized spacial score (nSPS) is 18.1. The van der Waals surface area contributed by atoms with Crippen molar-refractivity contribution in [3.05, 3.63) is 12.7 Å². The van der Waals surface area contributed by atoms with Crippen LogP contribution in [0.4, 0.5) is 5.82 Å². The second kappa shape index (κ2) is 16.2. The summed E-state index contributed by atoms with van der Waals surface area (Å²) in [5.74, 6) is 0.433. The molecule has 196 valence electrons. The Hall–Kier alpha value is -2.42. The quantitative estimate of drug-likeness (QED) is 0.135. The van der Waals surface area contributed by atoms with Gasteiger partial charge in [-0.2, -0.15) is 0 Å². The van der Waals surface area contributed by atoms with Crippen molar-refractivity contribution in [3.63, 3.8) is 0 Å². The molecule has 34 heavy (non-hydrogen) atoms. The molecule has 0 radical (unpaired) electrons. The number of aromatic nitrogens is 4. The van der Waals surface area contributed by atoms with Crippen LogP contribution in [0.3, 0.4) is 0 Å². The van der Waals surface area contributed by atoms with Crippen molar-refractivity contribution >= 4 is 23.3 Å². The molecule has 2 rings (SSSR count). The van der Waals surface area contributed by atoms with Crippen LogP contribution in [-0.2, 0) is 4.79 Å². The van der Waals surface area contributed by atoms with Gasteiger partial charge in [0.25, 0.3) is 0 Å². The fourth-order valence-corrected chi connectivity index (χ4v) is 2.07. The number of rotatable bonds is 10. The molecule has 0 saturated carbocycles. The number of H-pyrrole nitrogens is 1. The molecule has 0 bridgehead atoms. The zero-order valence-corrected chi connectivity index (χ0v) is 17.7. The maximum atomic E-state index is 9.90. The number of nitrogens with one attached hydrogen (secondary N) is 1. The largest absolute Gasteiger partial charge is 0.394 e. The van der Waals surface area contributed by atoms with Crippen LogP contribution in [0.2, 0.25) is 0 Å². The highest BCUT2D eigenvalue weighted by molar-refractivity contribution is 5.80. The van der Waals surface area contributed by atoms with Crippen molar-refractivity contribution in [2.45, 2.75) is 48.8 Å². The molecule has 2 aromatic heterocycles. The van der Waals surface area contributed by atoms with Gasteiger partial charge in [0.2, 0.25) is 0 Å². The van der Waals surface area contributed by atoms with Gasteiger partial charge >= 0.3 is 0 Å². The number of imidazole rings is 1. The van der Waals surface area contributed by atoms with E-state index in [2.05, 4.69) is 19.9 Å². The first-order valence-electron chi connectivity index (χ1n) is 9.58. The minimum Gasteiger partial charge on any atom is -0.394 e. The Morgan fingerprint density at radius 2 is 1.21 bits per heavy atom. The van der Waals surface area contributed by atoms with Gasteiger partial charge in [0.05, 0.1) is 26.1 Å². The monoisotopic (exact) mass is 497 g/mol. The molecule has 0 aromatic carbocycles. The summed E-state index contributed by atoms with van der Waals surface area (Å²) in [5, 5.41) is 95.7. The van der Waals surface area contributed by atoms with E-state index in [9.17, 15) is 4.79 Å². The third-order valence-corrected chi connectivity index (χ3v) is 4.19. The Bertz CT molecular complexity index is 800. The van der Waals surface area contributed by atoms with E-state index < -0.39 is 68.7 Å². The van der Waals surface area contributed by atoms with Crippen molar-refractivity contribution in [1.29, 1.82) is 0 Å². The van der Waals surface area contributed by atoms with E-state index in [1.165, 1.54) is 12.7 Å². The number of fused-ring (bicyclic) bond motifs is 1. The summed E-state index contributed by atoms with van der Waals surface area (Å²) in [7, 11) is 0. The molecule has 0 amide bonds. The lowest BCUT2D eigenvalue weighted by Crippen LogP contribution is -2.46. The molecule has 0 spiro atoms. The first-order valence-corrected chi connectivity index (χ1v) is 9.58. The molecular formula is C17H31N5O12. The number of aldehydes is 1. The zero-order valence-electron chi connectivity index (χ0n) is 17.7. The van der Waals surface area contributed by atoms with Crippen LogP contribution in [0.1, 0.15) is 0 Å². The van der Waals surface area contributed by atoms with Crippen molar-refractivity contribution < 1.29 is 61.0 Å². The van der Waals surface area contributed by atoms with Crippen LogP contribution in [-0.4, -0.2) is 151 Å². The molecular weight excluding hydrogens is 466 g/mol. The number of anilines is 1. The lowest BCUT2D eigenvalue weighted by Gasteiger charge is -2.24. The summed E-state index contributed by atoms with van der Waals surface area (Å²) in [6.07, 6.45) is -10.3. The lowest BCUT2D eigenvalue weighted by atomic mass is 10.0. The highest BCUT2D eigenvalue weighted by Gasteiger charge is 2.30. The maximum absolute atomic E-state index is 9.90. The number of hydrogen-bond donors (Lipinski definition) is 13. The van der Waals surface area contributed by atoms with Crippen LogP contribution in [0.15, 0.2) is 12.7 Å². The molecule has 8 atom stereocenters. The fourth-order valence-electron chi connectivity index (χ4n) is 2.07. The van der Waals surface area contributed by atoms with Gasteiger partial charge < -0.3 is 71.7 Å². The van der Waals surface area contributed by atoms with Crippen molar-refractivity contribution in [2.75, 3.05) is 25.6 Å². The molecule has 17 heteroatoms. The number of carbonyl (C=O) groups is 1. The Kier molecular flexibility index (Phi) is 15.1. The summed E-state index contributed by atoms with van der Waals surface area (Å²) in [5.41, 5.74) is 6.78. The number of aromatic amines is 1. The highest BCUT2D eigenvalue weighted by Crippen LogP contribution is 2.09. The van der Waals surface area contributed by atoms with Gasteiger partial charge in [-0.15, -0.1) is 0 Å². The average molecular weight is 497 g/mol. The third kappa shape index (κ3) is 9.83. The van der Waals surface area contributed by atoms with E-state index in [-0.39, 0.29) is 6.29 Å². The molecule has 2 heterocycles. The molecule has 0 unspecified atom stereocenters. The third-order valence-electron chi connectivity index (χ3n) is 4.19.